The van der Waals surface area contributed by atoms with Gasteiger partial charge in [0.15, 0.2) is 0 Å². The van der Waals surface area contributed by atoms with Crippen molar-refractivity contribution < 1.29 is 14.3 Å². The summed E-state index contributed by atoms with van der Waals surface area (Å²) in [6.45, 7) is 0. The molecule has 2 aliphatic carbocycles. The molecule has 0 aromatic heterocycles. The predicted octanol–water partition coefficient (Wildman–Crippen LogP) is 3.66. The van der Waals surface area contributed by atoms with Gasteiger partial charge in [-0.1, -0.05) is 0 Å². The summed E-state index contributed by atoms with van der Waals surface area (Å²) in [6.07, 6.45) is 3.31. The highest BCUT2D eigenvalue weighted by Crippen LogP contribution is 2.55. The van der Waals surface area contributed by atoms with Crippen LogP contribution in [0.25, 0.3) is 0 Å². The van der Waals surface area contributed by atoms with Gasteiger partial charge in [-0.05, 0) is 61.3 Å². The summed E-state index contributed by atoms with van der Waals surface area (Å²) in [6, 6.07) is 6.43. The number of aliphatic carboxylic acids is 1. The first-order valence-electron chi connectivity index (χ1n) is 6.76. The largest absolute Gasteiger partial charge is 0.481 e. The fourth-order valence-corrected chi connectivity index (χ4v) is 4.41. The number of hydrogen-bond donors (Lipinski definition) is 1. The van der Waals surface area contributed by atoms with Gasteiger partial charge < -0.3 is 5.11 Å². The van der Waals surface area contributed by atoms with Crippen LogP contribution in [0.15, 0.2) is 29.2 Å². The number of fused-ring (bicyclic) bond motifs is 1. The third kappa shape index (κ3) is 2.78. The van der Waals surface area contributed by atoms with Crippen LogP contribution >= 0.6 is 11.8 Å². The molecule has 0 radical (unpaired) electrons. The smallest absolute Gasteiger partial charge is 0.307 e. The van der Waals surface area contributed by atoms with Crippen LogP contribution in [0.2, 0.25) is 0 Å². The van der Waals surface area contributed by atoms with Crippen LogP contribution < -0.4 is 0 Å². The van der Waals surface area contributed by atoms with E-state index < -0.39 is 5.97 Å². The van der Waals surface area contributed by atoms with Crippen molar-refractivity contribution in [1.82, 2.24) is 0 Å². The molecule has 1 N–H and O–H groups in total. The summed E-state index contributed by atoms with van der Waals surface area (Å²) >= 11 is 1.65. The third-order valence-corrected chi connectivity index (χ3v) is 5.62. The molecule has 4 heteroatoms. The second kappa shape index (κ2) is 5.16. The van der Waals surface area contributed by atoms with Gasteiger partial charge in [0.1, 0.15) is 5.82 Å². The van der Waals surface area contributed by atoms with Crippen molar-refractivity contribution in [2.75, 3.05) is 5.75 Å². The van der Waals surface area contributed by atoms with E-state index in [1.807, 2.05) is 0 Å². The van der Waals surface area contributed by atoms with Crippen molar-refractivity contribution in [2.24, 2.45) is 23.7 Å². The zero-order chi connectivity index (χ0) is 13.4. The first-order valence-corrected chi connectivity index (χ1v) is 7.75. The topological polar surface area (TPSA) is 37.3 Å². The lowest BCUT2D eigenvalue weighted by Crippen LogP contribution is -2.30. The number of rotatable bonds is 4. The molecule has 2 fully saturated rings. The molecule has 0 spiro atoms. The summed E-state index contributed by atoms with van der Waals surface area (Å²) in [5.74, 6) is 1.16. The summed E-state index contributed by atoms with van der Waals surface area (Å²) in [4.78, 5) is 12.4. The monoisotopic (exact) mass is 280 g/mol. The molecule has 102 valence electrons. The van der Waals surface area contributed by atoms with E-state index in [0.717, 1.165) is 23.5 Å². The number of carboxylic acids is 1. The average molecular weight is 280 g/mol. The highest BCUT2D eigenvalue weighted by molar-refractivity contribution is 7.99. The van der Waals surface area contributed by atoms with Crippen LogP contribution in [0.3, 0.4) is 0 Å². The number of carbonyl (C=O) groups is 1. The predicted molar refractivity (Wildman–Crippen MR) is 72.6 cm³/mol. The van der Waals surface area contributed by atoms with Crippen LogP contribution in [0, 0.1) is 29.5 Å². The SMILES string of the molecule is O=C(O)C1C2C[C@@H]2CC[C@H]1CSc1ccc(F)cc1. The van der Waals surface area contributed by atoms with Crippen molar-refractivity contribution in [3.8, 4) is 0 Å². The van der Waals surface area contributed by atoms with Gasteiger partial charge in [0.05, 0.1) is 5.92 Å². The lowest BCUT2D eigenvalue weighted by molar-refractivity contribution is -0.145. The lowest BCUT2D eigenvalue weighted by Gasteiger charge is -2.27. The van der Waals surface area contributed by atoms with Crippen molar-refractivity contribution in [3.63, 3.8) is 0 Å². The first-order chi connectivity index (χ1) is 9.15. The Morgan fingerprint density at radius 1 is 1.32 bits per heavy atom. The van der Waals surface area contributed by atoms with E-state index in [1.165, 1.54) is 18.6 Å². The number of hydrogen-bond acceptors (Lipinski definition) is 2. The van der Waals surface area contributed by atoms with E-state index in [4.69, 9.17) is 0 Å². The van der Waals surface area contributed by atoms with Gasteiger partial charge in [-0.3, -0.25) is 4.79 Å². The molecule has 2 nitrogen and oxygen atoms in total. The van der Waals surface area contributed by atoms with Crippen molar-refractivity contribution in [1.29, 1.82) is 0 Å². The standard InChI is InChI=1S/C15H17FO2S/c16-11-3-5-12(6-4-11)19-8-10-2-1-9-7-13(9)14(10)15(17)18/h3-6,9-10,13-14H,1-2,7-8H2,(H,17,18)/t9-,10-,13?,14?/m0/s1. The summed E-state index contributed by atoms with van der Waals surface area (Å²) in [5.41, 5.74) is 0. The molecular formula is C15H17FO2S. The minimum absolute atomic E-state index is 0.160. The van der Waals surface area contributed by atoms with E-state index in [-0.39, 0.29) is 17.7 Å². The van der Waals surface area contributed by atoms with E-state index in [0.29, 0.717) is 11.8 Å². The highest BCUT2D eigenvalue weighted by atomic mass is 32.2. The molecule has 2 aliphatic rings. The molecule has 0 aliphatic heterocycles. The Bertz CT molecular complexity index is 474. The van der Waals surface area contributed by atoms with Crippen LogP contribution in [-0.4, -0.2) is 16.8 Å². The van der Waals surface area contributed by atoms with Crippen LogP contribution in [0.1, 0.15) is 19.3 Å². The zero-order valence-corrected chi connectivity index (χ0v) is 11.4. The van der Waals surface area contributed by atoms with Gasteiger partial charge in [0.2, 0.25) is 0 Å². The molecule has 2 unspecified atom stereocenters. The second-order valence-electron chi connectivity index (χ2n) is 5.63. The normalized spacial score (nSPS) is 32.7. The van der Waals surface area contributed by atoms with Gasteiger partial charge in [-0.25, -0.2) is 4.39 Å². The molecule has 0 bridgehead atoms. The van der Waals surface area contributed by atoms with E-state index in [1.54, 1.807) is 23.9 Å². The van der Waals surface area contributed by atoms with Gasteiger partial charge >= 0.3 is 5.97 Å². The van der Waals surface area contributed by atoms with Gasteiger partial charge in [0, 0.05) is 10.6 Å². The highest BCUT2D eigenvalue weighted by Gasteiger charge is 2.52. The molecule has 2 saturated carbocycles. The minimum atomic E-state index is -0.628. The maximum atomic E-state index is 12.8. The number of carboxylic acid groups (broad SMARTS) is 1. The Morgan fingerprint density at radius 3 is 2.74 bits per heavy atom. The molecule has 1 aromatic carbocycles. The molecule has 0 saturated heterocycles. The molecule has 19 heavy (non-hydrogen) atoms. The van der Waals surface area contributed by atoms with Crippen LogP contribution in [-0.2, 0) is 4.79 Å². The average Bonchev–Trinajstić information content (AvgIpc) is 3.16. The number of thioether (sulfide) groups is 1. The zero-order valence-electron chi connectivity index (χ0n) is 10.6. The Labute approximate surface area is 116 Å². The number of benzene rings is 1. The fourth-order valence-electron chi connectivity index (χ4n) is 3.31. The fraction of sp³-hybridized carbons (Fsp3) is 0.533. The molecule has 3 rings (SSSR count). The van der Waals surface area contributed by atoms with Gasteiger partial charge in [-0.2, -0.15) is 0 Å². The van der Waals surface area contributed by atoms with Crippen molar-refractivity contribution >= 4 is 17.7 Å². The maximum absolute atomic E-state index is 12.8. The second-order valence-corrected chi connectivity index (χ2v) is 6.72. The summed E-state index contributed by atoms with van der Waals surface area (Å²) in [5, 5.41) is 9.38. The van der Waals surface area contributed by atoms with E-state index in [2.05, 4.69) is 0 Å². The Kier molecular flexibility index (Phi) is 3.52. The third-order valence-electron chi connectivity index (χ3n) is 4.42. The van der Waals surface area contributed by atoms with Crippen LogP contribution in [0.4, 0.5) is 4.39 Å². The number of halogens is 1. The Hall–Kier alpha value is -1.03. The molecular weight excluding hydrogens is 263 g/mol. The molecule has 0 amide bonds. The first kappa shape index (κ1) is 13.0. The summed E-state index contributed by atoms with van der Waals surface area (Å²) in [7, 11) is 0. The summed E-state index contributed by atoms with van der Waals surface area (Å²) < 4.78 is 12.8. The quantitative estimate of drug-likeness (QED) is 0.855. The Morgan fingerprint density at radius 2 is 2.05 bits per heavy atom. The molecule has 4 atom stereocenters. The van der Waals surface area contributed by atoms with Crippen molar-refractivity contribution in [3.05, 3.63) is 30.1 Å². The van der Waals surface area contributed by atoms with E-state index in [9.17, 15) is 14.3 Å². The lowest BCUT2D eigenvalue weighted by atomic mass is 9.80. The van der Waals surface area contributed by atoms with Gasteiger partial charge in [0.25, 0.3) is 0 Å². The minimum Gasteiger partial charge on any atom is -0.481 e. The maximum Gasteiger partial charge on any atom is 0.307 e. The Balaban J connectivity index is 1.62. The molecule has 0 heterocycles. The van der Waals surface area contributed by atoms with Gasteiger partial charge in [-0.15, -0.1) is 11.8 Å². The molecule has 1 aromatic rings. The van der Waals surface area contributed by atoms with Crippen LogP contribution in [0.5, 0.6) is 0 Å². The van der Waals surface area contributed by atoms with Crippen molar-refractivity contribution in [2.45, 2.75) is 24.2 Å². The van der Waals surface area contributed by atoms with E-state index >= 15 is 0 Å².